The molecule has 1 nitrogen and oxygen atoms in total. The number of nitrogens with zero attached hydrogens (tertiary/aromatic N) is 1. The summed E-state index contributed by atoms with van der Waals surface area (Å²) in [5, 5.41) is 0. The highest BCUT2D eigenvalue weighted by Gasteiger charge is 2.21. The van der Waals surface area contributed by atoms with Crippen molar-refractivity contribution in [2.45, 2.75) is 58.3 Å². The zero-order chi connectivity index (χ0) is 15.7. The van der Waals surface area contributed by atoms with Gasteiger partial charge in [0.2, 0.25) is 5.69 Å². The largest absolute Gasteiger partial charge is 0.212 e. The minimum atomic E-state index is 0.572. The quantitative estimate of drug-likeness (QED) is 0.679. The lowest BCUT2D eigenvalue weighted by molar-refractivity contribution is -0.660. The Balaban J connectivity index is 2.07. The fraction of sp³-hybridized carbons (Fsp3) is 0.476. The average Bonchev–Trinajstić information content (AvgIpc) is 3.02. The van der Waals surface area contributed by atoms with Gasteiger partial charge in [0, 0.05) is 17.7 Å². The molecule has 1 aliphatic rings. The molecule has 0 amide bonds. The molecule has 1 aromatic carbocycles. The van der Waals surface area contributed by atoms with E-state index < -0.39 is 0 Å². The lowest BCUT2D eigenvalue weighted by atomic mass is 9.93. The van der Waals surface area contributed by atoms with E-state index >= 15 is 0 Å². The highest BCUT2D eigenvalue weighted by molar-refractivity contribution is 5.63. The topological polar surface area (TPSA) is 3.88 Å². The summed E-state index contributed by atoms with van der Waals surface area (Å²) in [5.41, 5.74) is 7.05. The van der Waals surface area contributed by atoms with Crippen LogP contribution >= 0.6 is 0 Å². The van der Waals surface area contributed by atoms with Crippen molar-refractivity contribution in [2.75, 3.05) is 0 Å². The number of hydrogen-bond acceptors (Lipinski definition) is 0. The summed E-state index contributed by atoms with van der Waals surface area (Å²) >= 11 is 0. The minimum Gasteiger partial charge on any atom is -0.201 e. The molecule has 0 spiro atoms. The third-order valence-electron chi connectivity index (χ3n) is 5.20. The van der Waals surface area contributed by atoms with Gasteiger partial charge in [-0.1, -0.05) is 38.8 Å². The minimum absolute atomic E-state index is 0.572. The van der Waals surface area contributed by atoms with E-state index in [1.807, 2.05) is 0 Å². The van der Waals surface area contributed by atoms with Gasteiger partial charge in [-0.15, -0.1) is 0 Å². The zero-order valence-electron chi connectivity index (χ0n) is 14.4. The van der Waals surface area contributed by atoms with Crippen LogP contribution in [0.25, 0.3) is 11.3 Å². The van der Waals surface area contributed by atoms with E-state index in [2.05, 4.69) is 68.9 Å². The first kappa shape index (κ1) is 15.3. The molecule has 0 N–H and O–H groups in total. The summed E-state index contributed by atoms with van der Waals surface area (Å²) in [6, 6.07) is 11.7. The molecule has 22 heavy (non-hydrogen) atoms. The summed E-state index contributed by atoms with van der Waals surface area (Å²) < 4.78 is 2.27. The van der Waals surface area contributed by atoms with Gasteiger partial charge >= 0.3 is 0 Å². The first-order valence-corrected chi connectivity index (χ1v) is 8.66. The standard InChI is InChI=1S/C21H28N/c1-15(2)18-10-9-16(3)20(13-18)21-14-19(11-12-22(21)4)17-7-5-6-8-17/h9-15,17H,5-8H2,1-4H3/q+1. The van der Waals surface area contributed by atoms with E-state index in [0.29, 0.717) is 5.92 Å². The van der Waals surface area contributed by atoms with Crippen molar-refractivity contribution in [3.63, 3.8) is 0 Å². The van der Waals surface area contributed by atoms with Crippen LogP contribution in [0.1, 0.15) is 68.1 Å². The fourth-order valence-electron chi connectivity index (χ4n) is 3.64. The van der Waals surface area contributed by atoms with Gasteiger partial charge in [-0.25, -0.2) is 4.57 Å². The van der Waals surface area contributed by atoms with Gasteiger partial charge < -0.3 is 0 Å². The van der Waals surface area contributed by atoms with Crippen molar-refractivity contribution in [1.29, 1.82) is 0 Å². The van der Waals surface area contributed by atoms with Crippen molar-refractivity contribution in [2.24, 2.45) is 7.05 Å². The number of pyridine rings is 1. The number of rotatable bonds is 3. The predicted molar refractivity (Wildman–Crippen MR) is 93.1 cm³/mol. The molecule has 1 fully saturated rings. The maximum absolute atomic E-state index is 2.43. The van der Waals surface area contributed by atoms with E-state index in [1.54, 1.807) is 0 Å². The fourth-order valence-corrected chi connectivity index (χ4v) is 3.64. The molecule has 0 radical (unpaired) electrons. The Morgan fingerprint density at radius 2 is 1.77 bits per heavy atom. The first-order valence-electron chi connectivity index (χ1n) is 8.66. The predicted octanol–water partition coefficient (Wildman–Crippen LogP) is 5.27. The van der Waals surface area contributed by atoms with Crippen molar-refractivity contribution in [3.8, 4) is 11.3 Å². The molecular formula is C21H28N+. The Morgan fingerprint density at radius 3 is 2.45 bits per heavy atom. The smallest absolute Gasteiger partial charge is 0.201 e. The van der Waals surface area contributed by atoms with E-state index in [0.717, 1.165) is 5.92 Å². The lowest BCUT2D eigenvalue weighted by Gasteiger charge is -2.13. The number of aromatic nitrogens is 1. The van der Waals surface area contributed by atoms with E-state index in [4.69, 9.17) is 0 Å². The molecule has 1 saturated carbocycles. The van der Waals surface area contributed by atoms with E-state index in [9.17, 15) is 0 Å². The Hall–Kier alpha value is -1.63. The van der Waals surface area contributed by atoms with Crippen LogP contribution in [-0.2, 0) is 7.05 Å². The molecule has 3 rings (SSSR count). The molecule has 2 aromatic rings. The van der Waals surface area contributed by atoms with Gasteiger partial charge in [0.25, 0.3) is 0 Å². The number of hydrogen-bond donors (Lipinski definition) is 0. The van der Waals surface area contributed by atoms with Gasteiger partial charge in [-0.3, -0.25) is 0 Å². The molecule has 1 heteroatoms. The van der Waals surface area contributed by atoms with Gasteiger partial charge in [0.1, 0.15) is 7.05 Å². The van der Waals surface area contributed by atoms with Crippen LogP contribution < -0.4 is 4.57 Å². The highest BCUT2D eigenvalue weighted by Crippen LogP contribution is 2.35. The maximum Gasteiger partial charge on any atom is 0.212 e. The van der Waals surface area contributed by atoms with Crippen molar-refractivity contribution < 1.29 is 4.57 Å². The molecule has 116 valence electrons. The summed E-state index contributed by atoms with van der Waals surface area (Å²) in [6.45, 7) is 6.76. The van der Waals surface area contributed by atoms with Crippen LogP contribution in [0.15, 0.2) is 36.5 Å². The Labute approximate surface area is 135 Å². The molecule has 0 atom stereocenters. The molecule has 0 bridgehead atoms. The third kappa shape index (κ3) is 2.95. The molecule has 1 aromatic heterocycles. The highest BCUT2D eigenvalue weighted by atomic mass is 14.9. The van der Waals surface area contributed by atoms with Crippen LogP contribution in [0.3, 0.4) is 0 Å². The van der Waals surface area contributed by atoms with Gasteiger partial charge in [-0.05, 0) is 54.4 Å². The monoisotopic (exact) mass is 294 g/mol. The summed E-state index contributed by atoms with van der Waals surface area (Å²) in [7, 11) is 2.16. The van der Waals surface area contributed by atoms with Crippen LogP contribution in [0.2, 0.25) is 0 Å². The van der Waals surface area contributed by atoms with Crippen molar-refractivity contribution in [1.82, 2.24) is 0 Å². The van der Waals surface area contributed by atoms with Gasteiger partial charge in [0.05, 0.1) is 0 Å². The van der Waals surface area contributed by atoms with Crippen LogP contribution in [0, 0.1) is 6.92 Å². The van der Waals surface area contributed by atoms with E-state index in [-0.39, 0.29) is 0 Å². The Bertz CT molecular complexity index is 664. The molecular weight excluding hydrogens is 266 g/mol. The third-order valence-corrected chi connectivity index (χ3v) is 5.20. The number of benzene rings is 1. The second-order valence-electron chi connectivity index (χ2n) is 7.17. The first-order chi connectivity index (χ1) is 10.6. The SMILES string of the molecule is Cc1ccc(C(C)C)cc1-c1cc(C2CCCC2)cc[n+]1C. The average molecular weight is 294 g/mol. The lowest BCUT2D eigenvalue weighted by Crippen LogP contribution is -2.31. The second kappa shape index (κ2) is 6.24. The van der Waals surface area contributed by atoms with E-state index in [1.165, 1.54) is 53.6 Å². The maximum atomic E-state index is 2.43. The van der Waals surface area contributed by atoms with Gasteiger partial charge in [0.15, 0.2) is 6.20 Å². The Kier molecular flexibility index (Phi) is 4.33. The molecule has 0 aliphatic heterocycles. The molecule has 0 saturated heterocycles. The van der Waals surface area contributed by atoms with Crippen LogP contribution in [0.5, 0.6) is 0 Å². The molecule has 1 heterocycles. The molecule has 1 aliphatic carbocycles. The zero-order valence-corrected chi connectivity index (χ0v) is 14.4. The summed E-state index contributed by atoms with van der Waals surface area (Å²) in [4.78, 5) is 0. The summed E-state index contributed by atoms with van der Waals surface area (Å²) in [6.07, 6.45) is 7.74. The summed E-state index contributed by atoms with van der Waals surface area (Å²) in [5.74, 6) is 1.34. The normalized spacial score (nSPS) is 15.7. The van der Waals surface area contributed by atoms with Crippen molar-refractivity contribution >= 4 is 0 Å². The molecule has 0 unspecified atom stereocenters. The number of aryl methyl sites for hydroxylation is 2. The van der Waals surface area contributed by atoms with Crippen molar-refractivity contribution in [3.05, 3.63) is 53.2 Å². The van der Waals surface area contributed by atoms with Gasteiger partial charge in [-0.2, -0.15) is 0 Å². The van der Waals surface area contributed by atoms with Crippen LogP contribution in [0.4, 0.5) is 0 Å². The second-order valence-corrected chi connectivity index (χ2v) is 7.17. The Morgan fingerprint density at radius 1 is 1.05 bits per heavy atom. The van der Waals surface area contributed by atoms with Crippen LogP contribution in [-0.4, -0.2) is 0 Å².